The molecule has 0 aromatic heterocycles. The smallest absolute Gasteiger partial charge is 0.119 e. The summed E-state index contributed by atoms with van der Waals surface area (Å²) >= 11 is 7.81. The highest BCUT2D eigenvalue weighted by Crippen LogP contribution is 2.26. The minimum absolute atomic E-state index is 0.685. The van der Waals surface area contributed by atoms with Gasteiger partial charge in [0, 0.05) is 4.47 Å². The summed E-state index contributed by atoms with van der Waals surface area (Å²) in [6, 6.07) is 4.17. The molecule has 96 valence electrons. The van der Waals surface area contributed by atoms with Gasteiger partial charge in [0.15, 0.2) is 0 Å². The Hall–Kier alpha value is -0.150. The Morgan fingerprint density at radius 2 is 1.82 bits per heavy atom. The summed E-state index contributed by atoms with van der Waals surface area (Å²) in [5.74, 6) is 2.61. The molecule has 0 N–H and O–H groups in total. The predicted octanol–water partition coefficient (Wildman–Crippen LogP) is 4.79. The second kappa shape index (κ2) is 7.32. The molecule has 0 aliphatic carbocycles. The van der Waals surface area contributed by atoms with Gasteiger partial charge >= 0.3 is 0 Å². The number of aryl methyl sites for hydroxylation is 2. The van der Waals surface area contributed by atoms with Gasteiger partial charge in [-0.2, -0.15) is 12.6 Å². The summed E-state index contributed by atoms with van der Waals surface area (Å²) in [6.45, 7) is 7.22. The van der Waals surface area contributed by atoms with E-state index < -0.39 is 0 Å². The van der Waals surface area contributed by atoms with Crippen LogP contribution in [0.1, 0.15) is 30.9 Å². The van der Waals surface area contributed by atoms with Gasteiger partial charge in [0.25, 0.3) is 0 Å². The van der Waals surface area contributed by atoms with Crippen molar-refractivity contribution in [3.8, 4) is 5.75 Å². The van der Waals surface area contributed by atoms with Crippen molar-refractivity contribution in [1.29, 1.82) is 0 Å². The SMILES string of the molecule is Cc1cc(OCCC(C)CCS)cc(C)c1Br. The molecule has 3 heteroatoms. The van der Waals surface area contributed by atoms with Crippen molar-refractivity contribution in [1.82, 2.24) is 0 Å². The molecule has 1 atom stereocenters. The second-order valence-corrected chi connectivity index (χ2v) is 5.87. The van der Waals surface area contributed by atoms with Crippen LogP contribution < -0.4 is 4.74 Å². The number of ether oxygens (including phenoxy) is 1. The van der Waals surface area contributed by atoms with E-state index in [0.29, 0.717) is 5.92 Å². The lowest BCUT2D eigenvalue weighted by Gasteiger charge is -2.13. The lowest BCUT2D eigenvalue weighted by molar-refractivity contribution is 0.282. The first kappa shape index (κ1) is 14.9. The molecule has 0 aliphatic rings. The van der Waals surface area contributed by atoms with Crippen LogP contribution in [-0.2, 0) is 0 Å². The number of hydrogen-bond donors (Lipinski definition) is 1. The lowest BCUT2D eigenvalue weighted by atomic mass is 10.1. The topological polar surface area (TPSA) is 9.23 Å². The van der Waals surface area contributed by atoms with Gasteiger partial charge in [0.1, 0.15) is 5.75 Å². The summed E-state index contributed by atoms with van der Waals surface area (Å²) in [6.07, 6.45) is 2.25. The maximum atomic E-state index is 5.79. The Labute approximate surface area is 118 Å². The molecule has 1 nitrogen and oxygen atoms in total. The van der Waals surface area contributed by atoms with Gasteiger partial charge in [-0.25, -0.2) is 0 Å². The van der Waals surface area contributed by atoms with Gasteiger partial charge in [-0.05, 0) is 61.6 Å². The van der Waals surface area contributed by atoms with Crippen LogP contribution in [0.2, 0.25) is 0 Å². The summed E-state index contributed by atoms with van der Waals surface area (Å²) in [7, 11) is 0. The minimum Gasteiger partial charge on any atom is -0.494 e. The van der Waals surface area contributed by atoms with Crippen molar-refractivity contribution < 1.29 is 4.74 Å². The third-order valence-corrected chi connectivity index (χ3v) is 4.42. The van der Waals surface area contributed by atoms with Crippen LogP contribution in [0, 0.1) is 19.8 Å². The summed E-state index contributed by atoms with van der Waals surface area (Å²) in [5.41, 5.74) is 2.45. The molecule has 0 radical (unpaired) electrons. The number of rotatable bonds is 6. The molecule has 1 unspecified atom stereocenters. The van der Waals surface area contributed by atoms with Crippen molar-refractivity contribution >= 4 is 28.6 Å². The van der Waals surface area contributed by atoms with E-state index in [1.165, 1.54) is 15.6 Å². The molecule has 0 heterocycles. The van der Waals surface area contributed by atoms with Crippen LogP contribution in [0.5, 0.6) is 5.75 Å². The predicted molar refractivity (Wildman–Crippen MR) is 81.4 cm³/mol. The molecule has 1 aromatic rings. The van der Waals surface area contributed by atoms with Gasteiger partial charge in [0.05, 0.1) is 6.61 Å². The molecule has 0 saturated carbocycles. The van der Waals surface area contributed by atoms with Gasteiger partial charge < -0.3 is 4.74 Å². The number of benzene rings is 1. The molecule has 0 spiro atoms. The molecule has 0 fully saturated rings. The molecule has 0 bridgehead atoms. The fourth-order valence-electron chi connectivity index (χ4n) is 1.73. The van der Waals surface area contributed by atoms with Crippen LogP contribution in [0.15, 0.2) is 16.6 Å². The number of thiol groups is 1. The first-order valence-corrected chi connectivity index (χ1v) is 7.47. The maximum absolute atomic E-state index is 5.79. The quantitative estimate of drug-likeness (QED) is 0.742. The van der Waals surface area contributed by atoms with Gasteiger partial charge in [0.2, 0.25) is 0 Å². The number of halogens is 1. The Kier molecular flexibility index (Phi) is 6.42. The zero-order valence-electron chi connectivity index (χ0n) is 10.8. The number of hydrogen-bond acceptors (Lipinski definition) is 2. The lowest BCUT2D eigenvalue weighted by Crippen LogP contribution is -2.05. The van der Waals surface area contributed by atoms with E-state index in [1.807, 2.05) is 0 Å². The standard InChI is InChI=1S/C14H21BrOS/c1-10(5-7-17)4-6-16-13-8-11(2)14(15)12(3)9-13/h8-10,17H,4-7H2,1-3H3. The molecule has 0 saturated heterocycles. The highest BCUT2D eigenvalue weighted by molar-refractivity contribution is 9.10. The van der Waals surface area contributed by atoms with E-state index >= 15 is 0 Å². The van der Waals surface area contributed by atoms with Gasteiger partial charge in [-0.3, -0.25) is 0 Å². The molecule has 17 heavy (non-hydrogen) atoms. The summed E-state index contributed by atoms with van der Waals surface area (Å²) in [5, 5.41) is 0. The fourth-order valence-corrected chi connectivity index (χ4v) is 2.40. The third-order valence-electron chi connectivity index (χ3n) is 2.91. The van der Waals surface area contributed by atoms with Crippen LogP contribution in [0.3, 0.4) is 0 Å². The van der Waals surface area contributed by atoms with E-state index in [2.05, 4.69) is 61.5 Å². The maximum Gasteiger partial charge on any atom is 0.119 e. The van der Waals surface area contributed by atoms with E-state index in [0.717, 1.165) is 31.0 Å². The van der Waals surface area contributed by atoms with Crippen molar-refractivity contribution in [3.63, 3.8) is 0 Å². The van der Waals surface area contributed by atoms with Crippen LogP contribution in [0.25, 0.3) is 0 Å². The average molecular weight is 317 g/mol. The van der Waals surface area contributed by atoms with E-state index in [1.54, 1.807) is 0 Å². The highest BCUT2D eigenvalue weighted by Gasteiger charge is 2.05. The largest absolute Gasteiger partial charge is 0.494 e. The molecule has 0 aliphatic heterocycles. The van der Waals surface area contributed by atoms with Crippen molar-refractivity contribution in [2.75, 3.05) is 12.4 Å². The normalized spacial score (nSPS) is 12.5. The van der Waals surface area contributed by atoms with E-state index in [9.17, 15) is 0 Å². The first-order valence-electron chi connectivity index (χ1n) is 6.05. The molecule has 1 rings (SSSR count). The molecular weight excluding hydrogens is 296 g/mol. The van der Waals surface area contributed by atoms with E-state index in [-0.39, 0.29) is 0 Å². The zero-order valence-corrected chi connectivity index (χ0v) is 13.3. The van der Waals surface area contributed by atoms with Crippen molar-refractivity contribution in [2.24, 2.45) is 5.92 Å². The van der Waals surface area contributed by atoms with Crippen molar-refractivity contribution in [2.45, 2.75) is 33.6 Å². The molecule has 0 amide bonds. The molecule has 1 aromatic carbocycles. The van der Waals surface area contributed by atoms with E-state index in [4.69, 9.17) is 4.74 Å². The highest BCUT2D eigenvalue weighted by atomic mass is 79.9. The van der Waals surface area contributed by atoms with Gasteiger partial charge in [-0.1, -0.05) is 22.9 Å². The zero-order chi connectivity index (χ0) is 12.8. The first-order chi connectivity index (χ1) is 8.04. The Morgan fingerprint density at radius 3 is 2.35 bits per heavy atom. The third kappa shape index (κ3) is 4.92. The average Bonchev–Trinajstić information content (AvgIpc) is 2.26. The van der Waals surface area contributed by atoms with Crippen LogP contribution >= 0.6 is 28.6 Å². The Bertz CT molecular complexity index is 342. The summed E-state index contributed by atoms with van der Waals surface area (Å²) in [4.78, 5) is 0. The van der Waals surface area contributed by atoms with Gasteiger partial charge in [-0.15, -0.1) is 0 Å². The molecular formula is C14H21BrOS. The Morgan fingerprint density at radius 1 is 1.24 bits per heavy atom. The second-order valence-electron chi connectivity index (χ2n) is 4.63. The van der Waals surface area contributed by atoms with Crippen molar-refractivity contribution in [3.05, 3.63) is 27.7 Å². The fraction of sp³-hybridized carbons (Fsp3) is 0.571. The Balaban J connectivity index is 2.47. The summed E-state index contributed by atoms with van der Waals surface area (Å²) < 4.78 is 6.97. The van der Waals surface area contributed by atoms with Crippen LogP contribution in [-0.4, -0.2) is 12.4 Å². The van der Waals surface area contributed by atoms with Crippen LogP contribution in [0.4, 0.5) is 0 Å². The monoisotopic (exact) mass is 316 g/mol. The minimum atomic E-state index is 0.685.